The van der Waals surface area contributed by atoms with Gasteiger partial charge in [-0.3, -0.25) is 39.2 Å². The molecule has 1 aliphatic carbocycles. The van der Waals surface area contributed by atoms with E-state index in [0.717, 1.165) is 99.2 Å². The third-order valence-electron chi connectivity index (χ3n) is 13.9. The van der Waals surface area contributed by atoms with E-state index in [1.54, 1.807) is 32.0 Å². The van der Waals surface area contributed by atoms with Gasteiger partial charge in [0.25, 0.3) is 5.91 Å². The smallest absolute Gasteiger partial charge is 0.274 e. The zero-order chi connectivity index (χ0) is 44.0. The standard InChI is InChI=1S/C47H57N11O5/c1-29-42(13-11-39(50-29)37-10-14-44(59)52-45(37)60)54-17-15-32(16-18-54)55-19-20-56(36(27-55)28-63-4)33-5-7-34(8-6-33)57-26-31-22-41(38(47(2,3)62)23-40(31)53-57)51-46(61)43-12-9-35-21-30(24-48)25-49-58(35)43/h9,11-13,21-23,25-26,32-34,36-37,62H,5-8,10,14-20,27-28H2,1-4H3,(H,51,61)(H,52,59,60)/t33?,34?,36-,37?/m1/s1. The number of amides is 3. The molecule has 3 N–H and O–H groups in total. The van der Waals surface area contributed by atoms with Crippen LogP contribution in [0.1, 0.15) is 110 Å². The Hall–Kier alpha value is -5.73. The van der Waals surface area contributed by atoms with Crippen LogP contribution in [-0.4, -0.2) is 122 Å². The van der Waals surface area contributed by atoms with Crippen molar-refractivity contribution < 1.29 is 24.2 Å². The number of aliphatic hydroxyl groups is 1. The SMILES string of the molecule is COC[C@H]1CN(C2CCN(c3ccc(C4CCC(=O)NC4=O)nc3C)CC2)CCN1C1CCC(n2cc3cc(NC(=O)c4ccc5cc(C#N)cnn45)c(C(C)(C)O)cc3n2)CC1. The van der Waals surface area contributed by atoms with Crippen molar-refractivity contribution in [3.05, 3.63) is 83.1 Å². The van der Waals surface area contributed by atoms with Gasteiger partial charge in [-0.15, -0.1) is 0 Å². The summed E-state index contributed by atoms with van der Waals surface area (Å²) in [5.41, 5.74) is 4.75. The fourth-order valence-corrected chi connectivity index (χ4v) is 10.6. The minimum absolute atomic E-state index is 0.211. The molecule has 1 saturated carbocycles. The number of benzene rings is 1. The van der Waals surface area contributed by atoms with Crippen molar-refractivity contribution >= 4 is 45.5 Å². The molecule has 4 aromatic heterocycles. The van der Waals surface area contributed by atoms with Gasteiger partial charge in [0.15, 0.2) is 0 Å². The molecular formula is C47H57N11O5. The maximum Gasteiger partial charge on any atom is 0.274 e. The van der Waals surface area contributed by atoms with Crippen molar-refractivity contribution in [2.45, 2.75) is 108 Å². The number of piperazine rings is 1. The number of ether oxygens (including phenoxy) is 1. The Morgan fingerprint density at radius 1 is 0.984 bits per heavy atom. The highest BCUT2D eigenvalue weighted by Gasteiger charge is 2.38. The number of methoxy groups -OCH3 is 1. The van der Waals surface area contributed by atoms with Gasteiger partial charge in [-0.2, -0.15) is 15.5 Å². The number of hydrogen-bond acceptors (Lipinski definition) is 12. The van der Waals surface area contributed by atoms with Crippen LogP contribution < -0.4 is 15.5 Å². The molecule has 0 bridgehead atoms. The van der Waals surface area contributed by atoms with Crippen LogP contribution in [0.25, 0.3) is 16.4 Å². The highest BCUT2D eigenvalue weighted by Crippen LogP contribution is 2.37. The Bertz CT molecular complexity index is 2570. The molecular weight excluding hydrogens is 799 g/mol. The van der Waals surface area contributed by atoms with Gasteiger partial charge in [-0.1, -0.05) is 0 Å². The minimum Gasteiger partial charge on any atom is -0.386 e. The number of rotatable bonds is 10. The monoisotopic (exact) mass is 855 g/mol. The summed E-state index contributed by atoms with van der Waals surface area (Å²) in [7, 11) is 1.81. The second-order valence-corrected chi connectivity index (χ2v) is 18.4. The van der Waals surface area contributed by atoms with Gasteiger partial charge in [0, 0.05) is 87.2 Å². The molecule has 4 fully saturated rings. The van der Waals surface area contributed by atoms with Gasteiger partial charge in [0.05, 0.1) is 64.0 Å². The van der Waals surface area contributed by atoms with E-state index in [1.165, 1.54) is 10.7 Å². The summed E-state index contributed by atoms with van der Waals surface area (Å²) in [6.07, 6.45) is 10.6. The number of aryl methyl sites for hydroxylation is 1. The molecule has 5 aromatic rings. The quantitative estimate of drug-likeness (QED) is 0.159. The van der Waals surface area contributed by atoms with E-state index in [0.29, 0.717) is 65.6 Å². The van der Waals surface area contributed by atoms with Gasteiger partial charge in [0.2, 0.25) is 11.8 Å². The van der Waals surface area contributed by atoms with Crippen molar-refractivity contribution in [3.8, 4) is 6.07 Å². The van der Waals surface area contributed by atoms with Crippen molar-refractivity contribution in [2.24, 2.45) is 0 Å². The number of hydrogen-bond donors (Lipinski definition) is 3. The Labute approximate surface area is 367 Å². The molecule has 63 heavy (non-hydrogen) atoms. The maximum absolute atomic E-state index is 13.6. The van der Waals surface area contributed by atoms with E-state index in [4.69, 9.17) is 14.8 Å². The van der Waals surface area contributed by atoms with Crippen LogP contribution in [0.15, 0.2) is 54.9 Å². The molecule has 330 valence electrons. The highest BCUT2D eigenvalue weighted by atomic mass is 16.5. The average Bonchev–Trinajstić information content (AvgIpc) is 3.90. The fraction of sp³-hybridized carbons (Fsp3) is 0.511. The van der Waals surface area contributed by atoms with Gasteiger partial charge in [0.1, 0.15) is 11.8 Å². The van der Waals surface area contributed by atoms with Crippen LogP contribution in [0.5, 0.6) is 0 Å². The first kappa shape index (κ1) is 42.6. The lowest BCUT2D eigenvalue weighted by Crippen LogP contribution is -2.61. The largest absolute Gasteiger partial charge is 0.386 e. The lowest BCUT2D eigenvalue weighted by atomic mass is 9.88. The summed E-state index contributed by atoms with van der Waals surface area (Å²) in [6.45, 7) is 11.1. The second-order valence-electron chi connectivity index (χ2n) is 18.4. The third kappa shape index (κ3) is 8.67. The Kier molecular flexibility index (Phi) is 11.8. The first-order valence-corrected chi connectivity index (χ1v) is 22.4. The topological polar surface area (TPSA) is 186 Å². The first-order chi connectivity index (χ1) is 30.4. The molecule has 3 aliphatic heterocycles. The van der Waals surface area contributed by atoms with Crippen molar-refractivity contribution in [3.63, 3.8) is 0 Å². The van der Waals surface area contributed by atoms with Gasteiger partial charge >= 0.3 is 0 Å². The van der Waals surface area contributed by atoms with Crippen LogP contribution in [-0.2, 0) is 19.9 Å². The molecule has 3 amide bonds. The van der Waals surface area contributed by atoms with Crippen LogP contribution in [0.4, 0.5) is 11.4 Å². The summed E-state index contributed by atoms with van der Waals surface area (Å²) in [6, 6.07) is 16.6. The van der Waals surface area contributed by atoms with Gasteiger partial charge < -0.3 is 20.1 Å². The number of nitriles is 1. The number of nitrogens with zero attached hydrogens (tertiary/aromatic N) is 9. The number of aromatic nitrogens is 5. The molecule has 16 nitrogen and oxygen atoms in total. The molecule has 1 unspecified atom stereocenters. The van der Waals surface area contributed by atoms with Crippen molar-refractivity contribution in [1.29, 1.82) is 5.26 Å². The third-order valence-corrected chi connectivity index (χ3v) is 13.9. The van der Waals surface area contributed by atoms with Gasteiger partial charge in [-0.25, -0.2) is 4.52 Å². The molecule has 7 heterocycles. The Morgan fingerprint density at radius 2 is 1.76 bits per heavy atom. The van der Waals surface area contributed by atoms with E-state index in [-0.39, 0.29) is 29.7 Å². The molecule has 0 radical (unpaired) electrons. The van der Waals surface area contributed by atoms with E-state index in [9.17, 15) is 24.8 Å². The summed E-state index contributed by atoms with van der Waals surface area (Å²) in [5, 5.41) is 36.1. The number of piperidine rings is 2. The van der Waals surface area contributed by atoms with Gasteiger partial charge in [-0.05, 0) is 108 Å². The fourth-order valence-electron chi connectivity index (χ4n) is 10.6. The number of anilines is 2. The van der Waals surface area contributed by atoms with Crippen LogP contribution in [0, 0.1) is 18.3 Å². The average molecular weight is 856 g/mol. The zero-order valence-corrected chi connectivity index (χ0v) is 36.6. The molecule has 16 heteroatoms. The molecule has 9 rings (SSSR count). The predicted molar refractivity (Wildman–Crippen MR) is 237 cm³/mol. The predicted octanol–water partition coefficient (Wildman–Crippen LogP) is 5.04. The number of imide groups is 1. The summed E-state index contributed by atoms with van der Waals surface area (Å²) >= 11 is 0. The number of pyridine rings is 1. The molecule has 0 spiro atoms. The minimum atomic E-state index is -1.24. The lowest BCUT2D eigenvalue weighted by molar-refractivity contribution is -0.134. The van der Waals surface area contributed by atoms with E-state index >= 15 is 0 Å². The van der Waals surface area contributed by atoms with Crippen LogP contribution in [0.3, 0.4) is 0 Å². The van der Waals surface area contributed by atoms with Crippen molar-refractivity contribution in [2.75, 3.05) is 56.7 Å². The summed E-state index contributed by atoms with van der Waals surface area (Å²) in [5.74, 6) is -1.21. The number of fused-ring (bicyclic) bond motifs is 2. The first-order valence-electron chi connectivity index (χ1n) is 22.4. The summed E-state index contributed by atoms with van der Waals surface area (Å²) in [4.78, 5) is 50.4. The van der Waals surface area contributed by atoms with Crippen molar-refractivity contribution in [1.82, 2.24) is 39.5 Å². The van der Waals surface area contributed by atoms with Crippen LogP contribution >= 0.6 is 0 Å². The number of carbonyl (C=O) groups excluding carboxylic acids is 3. The number of carbonyl (C=O) groups is 3. The molecule has 1 aromatic carbocycles. The summed E-state index contributed by atoms with van der Waals surface area (Å²) < 4.78 is 9.42. The molecule has 3 saturated heterocycles. The van der Waals surface area contributed by atoms with Crippen LogP contribution in [0.2, 0.25) is 0 Å². The molecule has 2 atom stereocenters. The van der Waals surface area contributed by atoms with E-state index in [1.807, 2.05) is 32.2 Å². The van der Waals surface area contributed by atoms with E-state index < -0.39 is 5.60 Å². The Morgan fingerprint density at radius 3 is 2.48 bits per heavy atom. The zero-order valence-electron chi connectivity index (χ0n) is 36.6. The maximum atomic E-state index is 13.6. The highest BCUT2D eigenvalue weighted by molar-refractivity contribution is 6.05. The number of nitrogens with one attached hydrogen (secondary N) is 2. The van der Waals surface area contributed by atoms with E-state index in [2.05, 4.69) is 53.4 Å². The lowest BCUT2D eigenvalue weighted by Gasteiger charge is -2.50. The molecule has 4 aliphatic rings. The normalized spacial score (nSPS) is 23.3. The Balaban J connectivity index is 0.810. The second kappa shape index (κ2) is 17.4.